The summed E-state index contributed by atoms with van der Waals surface area (Å²) in [6.07, 6.45) is -5.20. The number of nitrogens with one attached hydrogen (secondary N) is 1. The predicted molar refractivity (Wildman–Crippen MR) is 159 cm³/mol. The topological polar surface area (TPSA) is 115 Å². The van der Waals surface area contributed by atoms with Crippen molar-refractivity contribution in [2.24, 2.45) is 5.92 Å². The summed E-state index contributed by atoms with van der Waals surface area (Å²) in [7, 11) is -0.617. The standard InChI is InChI=1S/C29H35F6N7O4S/c1-45-26(46-2)19-6-10-40(11-7-19)22-4-3-5-23(14-22)47(43,44)42-12-8-21(9-13-42)38-27-36-16-24(29(33,34)35)25(39-27)20-15-37-41(17-20)18-28(30,31)32/h3-5,14-17,19,21,26H,6-13,18H2,1-2H3,(H,36,38,39). The summed E-state index contributed by atoms with van der Waals surface area (Å²) in [6, 6.07) is 6.44. The van der Waals surface area contributed by atoms with Crippen LogP contribution in [0.4, 0.5) is 38.0 Å². The molecule has 11 nitrogen and oxygen atoms in total. The minimum atomic E-state index is -4.87. The van der Waals surface area contributed by atoms with Gasteiger partial charge in [0.05, 0.1) is 16.8 Å². The Morgan fingerprint density at radius 3 is 2.28 bits per heavy atom. The average molecular weight is 692 g/mol. The number of nitrogens with zero attached hydrogens (tertiary/aromatic N) is 6. The van der Waals surface area contributed by atoms with E-state index in [-0.39, 0.29) is 47.7 Å². The third-order valence-electron chi connectivity index (χ3n) is 8.34. The van der Waals surface area contributed by atoms with Crippen LogP contribution in [0.15, 0.2) is 47.8 Å². The Balaban J connectivity index is 1.23. The number of hydrogen-bond donors (Lipinski definition) is 1. The second kappa shape index (κ2) is 13.9. The molecule has 1 aromatic carbocycles. The molecule has 2 aliphatic heterocycles. The fraction of sp³-hybridized carbons (Fsp3) is 0.552. The third kappa shape index (κ3) is 8.33. The molecular weight excluding hydrogens is 656 g/mol. The van der Waals surface area contributed by atoms with Crippen LogP contribution in [-0.4, -0.2) is 91.4 Å². The van der Waals surface area contributed by atoms with Crippen LogP contribution in [0.25, 0.3) is 11.3 Å². The van der Waals surface area contributed by atoms with Crippen LogP contribution < -0.4 is 10.2 Å². The zero-order valence-electron chi connectivity index (χ0n) is 25.6. The van der Waals surface area contributed by atoms with Gasteiger partial charge in [-0.1, -0.05) is 6.07 Å². The van der Waals surface area contributed by atoms with Crippen LogP contribution in [0.3, 0.4) is 0 Å². The lowest BCUT2D eigenvalue weighted by Crippen LogP contribution is -2.42. The first-order valence-electron chi connectivity index (χ1n) is 14.9. The molecule has 0 aliphatic carbocycles. The van der Waals surface area contributed by atoms with Crippen LogP contribution in [0.2, 0.25) is 0 Å². The van der Waals surface area contributed by atoms with Crippen LogP contribution in [-0.2, 0) is 32.2 Å². The van der Waals surface area contributed by atoms with Crippen LogP contribution in [0, 0.1) is 5.92 Å². The van der Waals surface area contributed by atoms with Gasteiger partial charge in [-0.05, 0) is 43.9 Å². The molecule has 5 rings (SSSR count). The number of ether oxygens (including phenoxy) is 2. The van der Waals surface area contributed by atoms with Crippen molar-refractivity contribution in [3.8, 4) is 11.3 Å². The molecule has 0 spiro atoms. The number of benzene rings is 1. The van der Waals surface area contributed by atoms with Gasteiger partial charge in [0.25, 0.3) is 0 Å². The van der Waals surface area contributed by atoms with Crippen molar-refractivity contribution in [2.75, 3.05) is 50.6 Å². The quantitative estimate of drug-likeness (QED) is 0.231. The Morgan fingerprint density at radius 2 is 1.66 bits per heavy atom. The molecular formula is C29H35F6N7O4S. The van der Waals surface area contributed by atoms with Crippen LogP contribution >= 0.6 is 0 Å². The number of anilines is 2. The van der Waals surface area contributed by atoms with Gasteiger partial charge in [0.15, 0.2) is 6.29 Å². The van der Waals surface area contributed by atoms with Crippen LogP contribution in [0.5, 0.6) is 0 Å². The van der Waals surface area contributed by atoms with Gasteiger partial charge < -0.3 is 19.7 Å². The summed E-state index contributed by atoms with van der Waals surface area (Å²) < 4.78 is 119. The largest absolute Gasteiger partial charge is 0.419 e. The van der Waals surface area contributed by atoms with E-state index in [0.717, 1.165) is 44.0 Å². The lowest BCUT2D eigenvalue weighted by atomic mass is 9.95. The first-order chi connectivity index (χ1) is 22.2. The number of sulfonamides is 1. The van der Waals surface area contributed by atoms with E-state index in [1.165, 1.54) is 4.31 Å². The van der Waals surface area contributed by atoms with E-state index in [4.69, 9.17) is 9.47 Å². The number of rotatable bonds is 10. The van der Waals surface area contributed by atoms with E-state index in [1.807, 2.05) is 6.07 Å². The number of halogens is 6. The van der Waals surface area contributed by atoms with Gasteiger partial charge >= 0.3 is 12.4 Å². The lowest BCUT2D eigenvalue weighted by molar-refractivity contribution is -0.142. The summed E-state index contributed by atoms with van der Waals surface area (Å²) in [6.45, 7) is 0.251. The summed E-state index contributed by atoms with van der Waals surface area (Å²) in [5.74, 6) is 0.0709. The smallest absolute Gasteiger partial charge is 0.371 e. The lowest BCUT2D eigenvalue weighted by Gasteiger charge is -2.36. The molecule has 2 fully saturated rings. The highest BCUT2D eigenvalue weighted by molar-refractivity contribution is 7.89. The Labute approximate surface area is 267 Å². The maximum Gasteiger partial charge on any atom is 0.419 e. The summed E-state index contributed by atoms with van der Waals surface area (Å²) in [5, 5.41) is 6.48. The van der Waals surface area contributed by atoms with Gasteiger partial charge in [-0.2, -0.15) is 35.7 Å². The van der Waals surface area contributed by atoms with Crippen molar-refractivity contribution in [1.82, 2.24) is 24.1 Å². The highest BCUT2D eigenvalue weighted by Crippen LogP contribution is 2.36. The normalized spacial score (nSPS) is 17.9. The molecule has 0 bridgehead atoms. The molecule has 0 atom stereocenters. The second-order valence-electron chi connectivity index (χ2n) is 11.5. The fourth-order valence-electron chi connectivity index (χ4n) is 5.96. The molecule has 0 radical (unpaired) electrons. The predicted octanol–water partition coefficient (Wildman–Crippen LogP) is 5.02. The van der Waals surface area contributed by atoms with E-state index in [0.29, 0.717) is 23.7 Å². The monoisotopic (exact) mass is 691 g/mol. The Morgan fingerprint density at radius 1 is 0.979 bits per heavy atom. The molecule has 1 N–H and O–H groups in total. The number of piperidine rings is 2. The maximum atomic E-state index is 13.7. The average Bonchev–Trinajstić information content (AvgIpc) is 3.49. The molecule has 47 heavy (non-hydrogen) atoms. The van der Waals surface area contributed by atoms with Gasteiger partial charge in [0.1, 0.15) is 12.1 Å². The van der Waals surface area contributed by atoms with Gasteiger partial charge in [-0.25, -0.2) is 18.4 Å². The van der Waals surface area contributed by atoms with E-state index < -0.39 is 40.2 Å². The third-order valence-corrected chi connectivity index (χ3v) is 10.2. The summed E-state index contributed by atoms with van der Waals surface area (Å²) in [4.78, 5) is 10.1. The van der Waals surface area contributed by atoms with Crippen molar-refractivity contribution < 1.29 is 44.2 Å². The maximum absolute atomic E-state index is 13.7. The number of alkyl halides is 6. The highest BCUT2D eigenvalue weighted by Gasteiger charge is 2.37. The van der Waals surface area contributed by atoms with Crippen molar-refractivity contribution in [3.05, 3.63) is 48.4 Å². The molecule has 0 saturated carbocycles. The van der Waals surface area contributed by atoms with E-state index in [9.17, 15) is 34.8 Å². The Bertz CT molecular complexity index is 1620. The van der Waals surface area contributed by atoms with Gasteiger partial charge in [0.2, 0.25) is 16.0 Å². The molecule has 0 unspecified atom stereocenters. The molecule has 2 aromatic heterocycles. The molecule has 2 aliphatic rings. The van der Waals surface area contributed by atoms with E-state index in [1.54, 1.807) is 32.4 Å². The number of hydrogen-bond acceptors (Lipinski definition) is 9. The van der Waals surface area contributed by atoms with Crippen molar-refractivity contribution in [1.29, 1.82) is 0 Å². The highest BCUT2D eigenvalue weighted by atomic mass is 32.2. The first-order valence-corrected chi connectivity index (χ1v) is 16.3. The van der Waals surface area contributed by atoms with Gasteiger partial charge in [0, 0.05) is 76.0 Å². The molecule has 0 amide bonds. The molecule has 2 saturated heterocycles. The van der Waals surface area contributed by atoms with E-state index in [2.05, 4.69) is 25.3 Å². The number of methoxy groups -OCH3 is 2. The Kier molecular flexibility index (Phi) is 10.3. The van der Waals surface area contributed by atoms with Gasteiger partial charge in [-0.15, -0.1) is 0 Å². The minimum Gasteiger partial charge on any atom is -0.371 e. The number of aromatic nitrogens is 4. The SMILES string of the molecule is COC(OC)C1CCN(c2cccc(S(=O)(=O)N3CCC(Nc4ncc(C(F)(F)F)c(-c5cnn(CC(F)(F)F)c5)n4)CC3)c2)CC1. The summed E-state index contributed by atoms with van der Waals surface area (Å²) in [5.41, 5.74) is -1.30. The second-order valence-corrected chi connectivity index (χ2v) is 13.4. The summed E-state index contributed by atoms with van der Waals surface area (Å²) >= 11 is 0. The molecule has 3 aromatic rings. The molecule has 18 heteroatoms. The van der Waals surface area contributed by atoms with Crippen LogP contribution in [0.1, 0.15) is 31.2 Å². The zero-order chi connectivity index (χ0) is 34.0. The van der Waals surface area contributed by atoms with E-state index >= 15 is 0 Å². The minimum absolute atomic E-state index is 0.142. The van der Waals surface area contributed by atoms with Crippen molar-refractivity contribution >= 4 is 21.7 Å². The Hall–Kier alpha value is -3.48. The van der Waals surface area contributed by atoms with Crippen molar-refractivity contribution in [2.45, 2.75) is 61.8 Å². The zero-order valence-corrected chi connectivity index (χ0v) is 26.4. The molecule has 258 valence electrons. The molecule has 4 heterocycles. The fourth-order valence-corrected chi connectivity index (χ4v) is 7.47. The van der Waals surface area contributed by atoms with Crippen molar-refractivity contribution in [3.63, 3.8) is 0 Å². The first kappa shape index (κ1) is 34.8. The van der Waals surface area contributed by atoms with Gasteiger partial charge in [-0.3, -0.25) is 4.68 Å².